The Morgan fingerprint density at radius 3 is 2.94 bits per heavy atom. The smallest absolute Gasteiger partial charge is 0.0964 e. The minimum atomic E-state index is 0.201. The molecule has 1 heterocycles. The van der Waals surface area contributed by atoms with Crippen LogP contribution in [0, 0.1) is 5.41 Å². The van der Waals surface area contributed by atoms with Gasteiger partial charge in [0.2, 0.25) is 0 Å². The van der Waals surface area contributed by atoms with E-state index in [1.165, 1.54) is 25.7 Å². The molecular weight excluding hydrogens is 228 g/mol. The number of aliphatic hydroxyl groups excluding tert-OH is 1. The zero-order valence-corrected chi connectivity index (χ0v) is 11.2. The van der Waals surface area contributed by atoms with Crippen molar-refractivity contribution >= 4 is 0 Å². The first-order chi connectivity index (χ1) is 8.78. The van der Waals surface area contributed by atoms with Crippen LogP contribution < -0.4 is 5.32 Å². The number of hydrogen-bond donors (Lipinski definition) is 2. The van der Waals surface area contributed by atoms with Gasteiger partial charge in [0.05, 0.1) is 5.69 Å². The Kier molecular flexibility index (Phi) is 4.72. The van der Waals surface area contributed by atoms with Crippen LogP contribution in [0.25, 0.3) is 0 Å². The van der Waals surface area contributed by atoms with Crippen LogP contribution in [0.15, 0.2) is 6.20 Å². The summed E-state index contributed by atoms with van der Waals surface area (Å²) in [5, 5.41) is 20.4. The Morgan fingerprint density at radius 2 is 2.33 bits per heavy atom. The van der Waals surface area contributed by atoms with Gasteiger partial charge >= 0.3 is 0 Å². The molecule has 1 aromatic heterocycles. The average molecular weight is 252 g/mol. The van der Waals surface area contributed by atoms with Crippen molar-refractivity contribution in [2.75, 3.05) is 13.2 Å². The highest BCUT2D eigenvalue weighted by Crippen LogP contribution is 2.43. The summed E-state index contributed by atoms with van der Waals surface area (Å²) in [4.78, 5) is 0. The van der Waals surface area contributed by atoms with E-state index in [0.717, 1.165) is 31.7 Å². The third kappa shape index (κ3) is 3.29. The van der Waals surface area contributed by atoms with Crippen molar-refractivity contribution in [1.82, 2.24) is 20.3 Å². The average Bonchev–Trinajstić information content (AvgIpc) is 2.78. The van der Waals surface area contributed by atoms with Crippen LogP contribution in [0.5, 0.6) is 0 Å². The molecule has 5 nitrogen and oxygen atoms in total. The molecule has 0 unspecified atom stereocenters. The lowest BCUT2D eigenvalue weighted by Crippen LogP contribution is -2.39. The molecule has 1 aliphatic carbocycles. The third-order valence-electron chi connectivity index (χ3n) is 4.10. The third-order valence-corrected chi connectivity index (χ3v) is 4.10. The lowest BCUT2D eigenvalue weighted by atomic mass is 9.67. The minimum Gasteiger partial charge on any atom is -0.396 e. The SMILES string of the molecule is CCC1(CNCc2cn(CCCO)nn2)CCC1. The van der Waals surface area contributed by atoms with Crippen LogP contribution in [0.1, 0.15) is 44.7 Å². The number of nitrogens with zero attached hydrogens (tertiary/aromatic N) is 3. The van der Waals surface area contributed by atoms with Crippen molar-refractivity contribution in [3.63, 3.8) is 0 Å². The number of rotatable bonds is 8. The molecule has 0 saturated heterocycles. The molecule has 18 heavy (non-hydrogen) atoms. The molecule has 2 rings (SSSR count). The molecule has 1 aliphatic rings. The van der Waals surface area contributed by atoms with E-state index in [1.807, 2.05) is 6.20 Å². The summed E-state index contributed by atoms with van der Waals surface area (Å²) in [7, 11) is 0. The van der Waals surface area contributed by atoms with E-state index in [4.69, 9.17) is 5.11 Å². The first kappa shape index (κ1) is 13.5. The predicted molar refractivity (Wildman–Crippen MR) is 70.0 cm³/mol. The number of aryl methyl sites for hydroxylation is 1. The summed E-state index contributed by atoms with van der Waals surface area (Å²) >= 11 is 0. The Labute approximate surface area is 109 Å². The van der Waals surface area contributed by atoms with Gasteiger partial charge in [-0.3, -0.25) is 4.68 Å². The highest BCUT2D eigenvalue weighted by molar-refractivity contribution is 4.94. The van der Waals surface area contributed by atoms with E-state index in [1.54, 1.807) is 4.68 Å². The van der Waals surface area contributed by atoms with Crippen molar-refractivity contribution in [1.29, 1.82) is 0 Å². The van der Waals surface area contributed by atoms with Gasteiger partial charge in [0.25, 0.3) is 0 Å². The van der Waals surface area contributed by atoms with Crippen LogP contribution in [-0.2, 0) is 13.1 Å². The van der Waals surface area contributed by atoms with Gasteiger partial charge in [-0.25, -0.2) is 0 Å². The van der Waals surface area contributed by atoms with E-state index in [9.17, 15) is 0 Å². The quantitative estimate of drug-likeness (QED) is 0.732. The normalized spacial score (nSPS) is 17.7. The molecule has 0 spiro atoms. The standard InChI is InChI=1S/C13H24N4O/c1-2-13(5-3-6-13)11-14-9-12-10-17(16-15-12)7-4-8-18/h10,14,18H,2-9,11H2,1H3. The predicted octanol–water partition coefficient (Wildman–Crippen LogP) is 1.33. The molecule has 2 N–H and O–H groups in total. The number of aromatic nitrogens is 3. The fourth-order valence-electron chi connectivity index (χ4n) is 2.55. The maximum Gasteiger partial charge on any atom is 0.0964 e. The molecule has 1 aromatic rings. The first-order valence-corrected chi connectivity index (χ1v) is 6.98. The van der Waals surface area contributed by atoms with Crippen LogP contribution in [0.2, 0.25) is 0 Å². The van der Waals surface area contributed by atoms with Crippen molar-refractivity contribution in [2.24, 2.45) is 5.41 Å². The maximum absolute atomic E-state index is 8.75. The summed E-state index contributed by atoms with van der Waals surface area (Å²) in [6.45, 7) is 5.11. The zero-order chi connectivity index (χ0) is 12.8. The van der Waals surface area contributed by atoms with Crippen LogP contribution in [0.4, 0.5) is 0 Å². The maximum atomic E-state index is 8.75. The summed E-state index contributed by atoms with van der Waals surface area (Å²) in [5.74, 6) is 0. The second-order valence-electron chi connectivity index (χ2n) is 5.36. The van der Waals surface area contributed by atoms with Crippen molar-refractivity contribution in [3.05, 3.63) is 11.9 Å². The lowest BCUT2D eigenvalue weighted by molar-refractivity contribution is 0.123. The summed E-state index contributed by atoms with van der Waals surface area (Å²) < 4.78 is 1.80. The van der Waals surface area contributed by atoms with Gasteiger partial charge in [-0.15, -0.1) is 5.10 Å². The van der Waals surface area contributed by atoms with E-state index < -0.39 is 0 Å². The Hall–Kier alpha value is -0.940. The second kappa shape index (κ2) is 6.29. The Bertz CT molecular complexity index is 354. The van der Waals surface area contributed by atoms with Gasteiger partial charge in [0, 0.05) is 32.4 Å². The number of hydrogen-bond acceptors (Lipinski definition) is 4. The molecule has 1 saturated carbocycles. The second-order valence-corrected chi connectivity index (χ2v) is 5.36. The Morgan fingerprint density at radius 1 is 1.50 bits per heavy atom. The molecular formula is C13H24N4O. The number of nitrogens with one attached hydrogen (secondary N) is 1. The molecule has 0 bridgehead atoms. The molecule has 0 amide bonds. The lowest BCUT2D eigenvalue weighted by Gasteiger charge is -2.41. The van der Waals surface area contributed by atoms with E-state index in [2.05, 4.69) is 22.6 Å². The molecule has 1 fully saturated rings. The van der Waals surface area contributed by atoms with E-state index >= 15 is 0 Å². The van der Waals surface area contributed by atoms with Crippen LogP contribution >= 0.6 is 0 Å². The monoisotopic (exact) mass is 252 g/mol. The summed E-state index contributed by atoms with van der Waals surface area (Å²) in [6.07, 6.45) is 8.06. The Balaban J connectivity index is 1.71. The van der Waals surface area contributed by atoms with Gasteiger partial charge in [-0.2, -0.15) is 0 Å². The van der Waals surface area contributed by atoms with E-state index in [0.29, 0.717) is 5.41 Å². The van der Waals surface area contributed by atoms with Gasteiger partial charge in [0.15, 0.2) is 0 Å². The first-order valence-electron chi connectivity index (χ1n) is 6.98. The fourth-order valence-corrected chi connectivity index (χ4v) is 2.55. The van der Waals surface area contributed by atoms with E-state index in [-0.39, 0.29) is 6.61 Å². The van der Waals surface area contributed by atoms with Crippen molar-refractivity contribution in [2.45, 2.75) is 52.1 Å². The van der Waals surface area contributed by atoms with Gasteiger partial charge in [-0.05, 0) is 31.1 Å². The number of aliphatic hydroxyl groups is 1. The van der Waals surface area contributed by atoms with Gasteiger partial charge < -0.3 is 10.4 Å². The molecule has 0 aromatic carbocycles. The molecule has 5 heteroatoms. The largest absolute Gasteiger partial charge is 0.396 e. The fraction of sp³-hybridized carbons (Fsp3) is 0.846. The minimum absolute atomic E-state index is 0.201. The van der Waals surface area contributed by atoms with Gasteiger partial charge in [-0.1, -0.05) is 18.6 Å². The van der Waals surface area contributed by atoms with Gasteiger partial charge in [0.1, 0.15) is 0 Å². The van der Waals surface area contributed by atoms with Crippen LogP contribution in [-0.4, -0.2) is 33.3 Å². The highest BCUT2D eigenvalue weighted by atomic mass is 16.3. The molecule has 0 aliphatic heterocycles. The summed E-state index contributed by atoms with van der Waals surface area (Å²) in [5.41, 5.74) is 1.53. The highest BCUT2D eigenvalue weighted by Gasteiger charge is 2.34. The molecule has 0 atom stereocenters. The molecule has 0 radical (unpaired) electrons. The van der Waals surface area contributed by atoms with Crippen molar-refractivity contribution < 1.29 is 5.11 Å². The summed E-state index contributed by atoms with van der Waals surface area (Å²) in [6, 6.07) is 0. The van der Waals surface area contributed by atoms with Crippen molar-refractivity contribution in [3.8, 4) is 0 Å². The zero-order valence-electron chi connectivity index (χ0n) is 11.2. The van der Waals surface area contributed by atoms with Crippen LogP contribution in [0.3, 0.4) is 0 Å². The topological polar surface area (TPSA) is 63.0 Å². The molecule has 102 valence electrons.